The van der Waals surface area contributed by atoms with E-state index in [1.165, 1.54) is 6.07 Å². The zero-order valence-corrected chi connectivity index (χ0v) is 20.8. The number of nitrogens with zero attached hydrogens (tertiary/aromatic N) is 3. The zero-order valence-electron chi connectivity index (χ0n) is 20.0. The number of thiocarbonyl (C=S) groups is 1. The Hall–Kier alpha value is -2.61. The van der Waals surface area contributed by atoms with Crippen molar-refractivity contribution in [1.29, 1.82) is 0 Å². The first kappa shape index (κ1) is 24.5. The van der Waals surface area contributed by atoms with Crippen molar-refractivity contribution >= 4 is 34.5 Å². The average Bonchev–Trinajstić information content (AvgIpc) is 3.03. The fraction of sp³-hybridized carbons (Fsp3) is 0.462. The number of rotatable bonds is 3. The number of halogens is 3. The van der Waals surface area contributed by atoms with Gasteiger partial charge in [-0.05, 0) is 79.6 Å². The van der Waals surface area contributed by atoms with Crippen LogP contribution in [0.4, 0.5) is 24.5 Å². The highest BCUT2D eigenvalue weighted by atomic mass is 32.1. The lowest BCUT2D eigenvalue weighted by molar-refractivity contribution is -0.137. The lowest BCUT2D eigenvalue weighted by Crippen LogP contribution is -2.61. The summed E-state index contributed by atoms with van der Waals surface area (Å²) in [4.78, 5) is 4.71. The monoisotopic (exact) mass is 488 g/mol. The molecule has 2 aliphatic rings. The van der Waals surface area contributed by atoms with Gasteiger partial charge < -0.3 is 5.32 Å². The Morgan fingerprint density at radius 3 is 2.26 bits per heavy atom. The maximum absolute atomic E-state index is 13.3. The molecule has 34 heavy (non-hydrogen) atoms. The first-order chi connectivity index (χ1) is 15.9. The summed E-state index contributed by atoms with van der Waals surface area (Å²) in [7, 11) is 1.96. The third kappa shape index (κ3) is 4.65. The van der Waals surface area contributed by atoms with Crippen molar-refractivity contribution in [2.45, 2.75) is 58.2 Å². The van der Waals surface area contributed by atoms with Gasteiger partial charge >= 0.3 is 6.18 Å². The Morgan fingerprint density at radius 2 is 1.68 bits per heavy atom. The van der Waals surface area contributed by atoms with Crippen molar-refractivity contribution in [3.05, 3.63) is 60.2 Å². The van der Waals surface area contributed by atoms with Gasteiger partial charge in [0.1, 0.15) is 11.4 Å². The summed E-state index contributed by atoms with van der Waals surface area (Å²) < 4.78 is 39.9. The minimum atomic E-state index is -4.41. The van der Waals surface area contributed by atoms with Crippen LogP contribution in [0, 0.1) is 11.3 Å². The molecule has 0 bridgehead atoms. The molecule has 1 fully saturated rings. The summed E-state index contributed by atoms with van der Waals surface area (Å²) in [5.41, 5.74) is 0.276. The SMILES string of the molecule is CN(c1ccccc1)N1C(=S)N=C(Nc2cccc(C(F)(F)F)c2)C12CCC(C(C)(C)C)CC2. The zero-order chi connectivity index (χ0) is 24.7. The van der Waals surface area contributed by atoms with E-state index in [2.05, 4.69) is 26.1 Å². The molecule has 0 aromatic heterocycles. The van der Waals surface area contributed by atoms with Crippen LogP contribution in [0.5, 0.6) is 0 Å². The molecule has 0 saturated heterocycles. The third-order valence-corrected chi connectivity index (χ3v) is 7.42. The number of hydrazine groups is 1. The molecule has 1 N–H and O–H groups in total. The number of alkyl halides is 3. The van der Waals surface area contributed by atoms with Gasteiger partial charge in [-0.15, -0.1) is 0 Å². The molecule has 0 unspecified atom stereocenters. The third-order valence-electron chi connectivity index (χ3n) is 7.15. The van der Waals surface area contributed by atoms with Gasteiger partial charge in [0.25, 0.3) is 0 Å². The van der Waals surface area contributed by atoms with E-state index in [0.717, 1.165) is 43.5 Å². The number of hydrogen-bond donors (Lipinski definition) is 1. The van der Waals surface area contributed by atoms with Crippen molar-refractivity contribution < 1.29 is 13.2 Å². The Bertz CT molecular complexity index is 1070. The lowest BCUT2D eigenvalue weighted by atomic mass is 9.67. The largest absolute Gasteiger partial charge is 0.416 e. The first-order valence-electron chi connectivity index (χ1n) is 11.6. The van der Waals surface area contributed by atoms with Gasteiger partial charge in [-0.1, -0.05) is 45.0 Å². The van der Waals surface area contributed by atoms with Crippen LogP contribution in [0.15, 0.2) is 59.6 Å². The van der Waals surface area contributed by atoms with E-state index in [-0.39, 0.29) is 5.41 Å². The highest BCUT2D eigenvalue weighted by Crippen LogP contribution is 2.47. The van der Waals surface area contributed by atoms with Crippen LogP contribution in [0.3, 0.4) is 0 Å². The second-order valence-corrected chi connectivity index (χ2v) is 10.7. The van der Waals surface area contributed by atoms with E-state index in [4.69, 9.17) is 17.2 Å². The van der Waals surface area contributed by atoms with Crippen molar-refractivity contribution in [3.63, 3.8) is 0 Å². The summed E-state index contributed by atoms with van der Waals surface area (Å²) in [6, 6.07) is 15.2. The second kappa shape index (κ2) is 8.87. The van der Waals surface area contributed by atoms with Crippen molar-refractivity contribution in [1.82, 2.24) is 5.01 Å². The number of benzene rings is 2. The molecule has 0 radical (unpaired) electrons. The molecular weight excluding hydrogens is 457 g/mol. The Morgan fingerprint density at radius 1 is 1.03 bits per heavy atom. The second-order valence-electron chi connectivity index (χ2n) is 10.3. The molecule has 4 nitrogen and oxygen atoms in total. The highest BCUT2D eigenvalue weighted by Gasteiger charge is 2.53. The van der Waals surface area contributed by atoms with Gasteiger partial charge in [-0.3, -0.25) is 5.01 Å². The molecule has 1 spiro atoms. The van der Waals surface area contributed by atoms with Gasteiger partial charge in [0.15, 0.2) is 0 Å². The van der Waals surface area contributed by atoms with Crippen molar-refractivity contribution in [2.24, 2.45) is 16.3 Å². The van der Waals surface area contributed by atoms with Crippen LogP contribution >= 0.6 is 12.2 Å². The Balaban J connectivity index is 1.70. The first-order valence-corrected chi connectivity index (χ1v) is 12.0. The van der Waals surface area contributed by atoms with E-state index in [0.29, 0.717) is 22.6 Å². The van der Waals surface area contributed by atoms with E-state index in [9.17, 15) is 13.2 Å². The van der Waals surface area contributed by atoms with Gasteiger partial charge in [0.05, 0.1) is 11.3 Å². The fourth-order valence-corrected chi connectivity index (χ4v) is 5.56. The quantitative estimate of drug-likeness (QED) is 0.465. The van der Waals surface area contributed by atoms with Crippen LogP contribution in [0.2, 0.25) is 0 Å². The number of para-hydroxylation sites is 1. The molecule has 1 aliphatic carbocycles. The maximum atomic E-state index is 13.3. The molecule has 8 heteroatoms. The molecule has 2 aromatic carbocycles. The number of amidine groups is 1. The molecule has 1 heterocycles. The summed E-state index contributed by atoms with van der Waals surface area (Å²) >= 11 is 5.73. The Labute approximate surface area is 204 Å². The Kier molecular flexibility index (Phi) is 6.40. The topological polar surface area (TPSA) is 30.9 Å². The number of nitrogens with one attached hydrogen (secondary N) is 1. The molecule has 4 rings (SSSR count). The standard InChI is InChI=1S/C26H31F3N4S/c1-24(2,3)18-13-15-25(16-14-18)22(30-20-10-8-9-19(17-20)26(27,28)29)31-23(34)33(25)32(4)21-11-6-5-7-12-21/h5-12,17-18H,13-16H2,1-4H3,(H,30,31,34). The number of hydrogen-bond acceptors (Lipinski definition) is 3. The predicted octanol–water partition coefficient (Wildman–Crippen LogP) is 7.14. The van der Waals surface area contributed by atoms with Crippen LogP contribution in [0.25, 0.3) is 0 Å². The smallest absolute Gasteiger partial charge is 0.342 e. The number of anilines is 2. The van der Waals surface area contributed by atoms with E-state index in [1.54, 1.807) is 6.07 Å². The molecule has 182 valence electrons. The molecule has 1 aliphatic heterocycles. The lowest BCUT2D eigenvalue weighted by Gasteiger charge is -2.50. The summed E-state index contributed by atoms with van der Waals surface area (Å²) in [6.07, 6.45) is -0.844. The van der Waals surface area contributed by atoms with E-state index >= 15 is 0 Å². The van der Waals surface area contributed by atoms with E-state index in [1.807, 2.05) is 47.4 Å². The van der Waals surface area contributed by atoms with Crippen LogP contribution in [-0.2, 0) is 6.18 Å². The molecular formula is C26H31F3N4S. The van der Waals surface area contributed by atoms with Gasteiger partial charge in [0, 0.05) is 12.7 Å². The predicted molar refractivity (Wildman–Crippen MR) is 136 cm³/mol. The maximum Gasteiger partial charge on any atom is 0.416 e. The van der Waals surface area contributed by atoms with Crippen molar-refractivity contribution in [3.8, 4) is 0 Å². The average molecular weight is 489 g/mol. The fourth-order valence-electron chi connectivity index (χ4n) is 5.17. The van der Waals surface area contributed by atoms with Gasteiger partial charge in [-0.25, -0.2) is 10.0 Å². The van der Waals surface area contributed by atoms with Crippen LogP contribution in [0.1, 0.15) is 52.0 Å². The number of aliphatic imine (C=N–C) groups is 1. The van der Waals surface area contributed by atoms with E-state index < -0.39 is 17.3 Å². The van der Waals surface area contributed by atoms with Crippen LogP contribution < -0.4 is 10.3 Å². The summed E-state index contributed by atoms with van der Waals surface area (Å²) in [6.45, 7) is 6.79. The molecule has 0 atom stereocenters. The molecule has 0 amide bonds. The normalized spacial score (nSPS) is 23.3. The van der Waals surface area contributed by atoms with Gasteiger partial charge in [0.2, 0.25) is 5.11 Å². The summed E-state index contributed by atoms with van der Waals surface area (Å²) in [5.74, 6) is 1.16. The highest BCUT2D eigenvalue weighted by molar-refractivity contribution is 7.80. The van der Waals surface area contributed by atoms with Crippen LogP contribution in [-0.4, -0.2) is 28.5 Å². The molecule has 1 saturated carbocycles. The van der Waals surface area contributed by atoms with Crippen molar-refractivity contribution in [2.75, 3.05) is 17.4 Å². The minimum Gasteiger partial charge on any atom is -0.342 e. The minimum absolute atomic E-state index is 0.183. The van der Waals surface area contributed by atoms with Gasteiger partial charge in [-0.2, -0.15) is 13.2 Å². The summed E-state index contributed by atoms with van der Waals surface area (Å²) in [5, 5.41) is 7.71. The molecule has 2 aromatic rings.